The van der Waals surface area contributed by atoms with Gasteiger partial charge in [0.25, 0.3) is 0 Å². The molecule has 0 bridgehead atoms. The fourth-order valence-electron chi connectivity index (χ4n) is 2.26. The molecule has 6 heteroatoms. The second-order valence-electron chi connectivity index (χ2n) is 5.23. The Bertz CT molecular complexity index is 833. The fraction of sp³-hybridized carbons (Fsp3) is 0.167. The molecule has 0 aliphatic rings. The van der Waals surface area contributed by atoms with Gasteiger partial charge in [-0.2, -0.15) is 0 Å². The quantitative estimate of drug-likeness (QED) is 0.715. The number of amides is 1. The Kier molecular flexibility index (Phi) is 4.86. The van der Waals surface area contributed by atoms with Crippen LogP contribution in [-0.4, -0.2) is 30.0 Å². The molecule has 0 aliphatic carbocycles. The molecule has 24 heavy (non-hydrogen) atoms. The number of carbonyl (C=O) groups is 1. The maximum Gasteiger partial charge on any atom is 0.232 e. The highest BCUT2D eigenvalue weighted by Crippen LogP contribution is 2.27. The molecule has 122 valence electrons. The second kappa shape index (κ2) is 7.23. The number of nitrogens with zero attached hydrogens (tertiary/aromatic N) is 3. The molecule has 0 spiro atoms. The van der Waals surface area contributed by atoms with E-state index in [-0.39, 0.29) is 5.91 Å². The van der Waals surface area contributed by atoms with Crippen LogP contribution >= 0.6 is 11.3 Å². The largest absolute Gasteiger partial charge is 0.497 e. The minimum absolute atomic E-state index is 0.0149. The maximum absolute atomic E-state index is 12.5. The predicted octanol–water partition coefficient (Wildman–Crippen LogP) is 3.42. The SMILES string of the molecule is COc1cccc(CC(=O)N(C)c2nc(-c3ccncc3)cs2)c1. The van der Waals surface area contributed by atoms with E-state index in [2.05, 4.69) is 9.97 Å². The first kappa shape index (κ1) is 16.1. The minimum atomic E-state index is -0.0149. The molecule has 3 rings (SSSR count). The van der Waals surface area contributed by atoms with E-state index in [1.54, 1.807) is 31.5 Å². The molecule has 3 aromatic rings. The third-order valence-electron chi connectivity index (χ3n) is 3.62. The number of ether oxygens (including phenoxy) is 1. The molecule has 2 heterocycles. The van der Waals surface area contributed by atoms with Crippen molar-refractivity contribution in [1.29, 1.82) is 0 Å². The van der Waals surface area contributed by atoms with Gasteiger partial charge in [0, 0.05) is 30.4 Å². The van der Waals surface area contributed by atoms with Crippen LogP contribution in [0.4, 0.5) is 5.13 Å². The lowest BCUT2D eigenvalue weighted by Gasteiger charge is -2.14. The van der Waals surface area contributed by atoms with Gasteiger partial charge in [-0.3, -0.25) is 14.7 Å². The molecule has 0 N–H and O–H groups in total. The lowest BCUT2D eigenvalue weighted by atomic mass is 10.1. The van der Waals surface area contributed by atoms with Crippen LogP contribution in [0.2, 0.25) is 0 Å². The lowest BCUT2D eigenvalue weighted by molar-refractivity contribution is -0.117. The van der Waals surface area contributed by atoms with Crippen molar-refractivity contribution in [2.75, 3.05) is 19.1 Å². The number of likely N-dealkylation sites (N-methyl/N-ethyl adjacent to an activating group) is 1. The summed E-state index contributed by atoms with van der Waals surface area (Å²) in [6.45, 7) is 0. The number of hydrogen-bond donors (Lipinski definition) is 0. The number of aromatic nitrogens is 2. The van der Waals surface area contributed by atoms with Crippen molar-refractivity contribution in [3.63, 3.8) is 0 Å². The standard InChI is InChI=1S/C18H17N3O2S/c1-21(17(22)11-13-4-3-5-15(10-13)23-2)18-20-16(12-24-18)14-6-8-19-9-7-14/h3-10,12H,11H2,1-2H3. The molecular formula is C18H17N3O2S. The van der Waals surface area contributed by atoms with Crippen molar-refractivity contribution in [3.8, 4) is 17.0 Å². The predicted molar refractivity (Wildman–Crippen MR) is 95.5 cm³/mol. The zero-order valence-corrected chi connectivity index (χ0v) is 14.3. The third kappa shape index (κ3) is 3.60. The number of thiazole rings is 1. The van der Waals surface area contributed by atoms with Gasteiger partial charge >= 0.3 is 0 Å². The zero-order valence-electron chi connectivity index (χ0n) is 13.5. The lowest BCUT2D eigenvalue weighted by Crippen LogP contribution is -2.27. The Morgan fingerprint density at radius 2 is 2.04 bits per heavy atom. The number of rotatable bonds is 5. The zero-order chi connectivity index (χ0) is 16.9. The number of pyridine rings is 1. The van der Waals surface area contributed by atoms with Crippen LogP contribution in [0, 0.1) is 0 Å². The summed E-state index contributed by atoms with van der Waals surface area (Å²) in [4.78, 5) is 22.6. The Morgan fingerprint density at radius 3 is 2.79 bits per heavy atom. The summed E-state index contributed by atoms with van der Waals surface area (Å²) in [7, 11) is 3.36. The van der Waals surface area contributed by atoms with Gasteiger partial charge in [0.1, 0.15) is 5.75 Å². The fourth-order valence-corrected chi connectivity index (χ4v) is 3.07. The number of benzene rings is 1. The highest BCUT2D eigenvalue weighted by atomic mass is 32.1. The van der Waals surface area contributed by atoms with E-state index >= 15 is 0 Å². The Labute approximate surface area is 144 Å². The molecule has 1 amide bonds. The summed E-state index contributed by atoms with van der Waals surface area (Å²) in [5, 5.41) is 2.62. The van der Waals surface area contributed by atoms with Crippen molar-refractivity contribution in [3.05, 3.63) is 59.7 Å². The van der Waals surface area contributed by atoms with E-state index in [0.717, 1.165) is 22.6 Å². The number of hydrogen-bond acceptors (Lipinski definition) is 5. The van der Waals surface area contributed by atoms with Crippen molar-refractivity contribution >= 4 is 22.4 Å². The summed E-state index contributed by atoms with van der Waals surface area (Å²) < 4.78 is 5.19. The summed E-state index contributed by atoms with van der Waals surface area (Å²) >= 11 is 1.45. The third-order valence-corrected chi connectivity index (χ3v) is 4.54. The van der Waals surface area contributed by atoms with Crippen LogP contribution in [0.15, 0.2) is 54.2 Å². The smallest absolute Gasteiger partial charge is 0.232 e. The van der Waals surface area contributed by atoms with Crippen molar-refractivity contribution in [2.24, 2.45) is 0 Å². The second-order valence-corrected chi connectivity index (χ2v) is 6.07. The summed E-state index contributed by atoms with van der Waals surface area (Å²) in [5.41, 5.74) is 2.75. The topological polar surface area (TPSA) is 55.3 Å². The van der Waals surface area contributed by atoms with Gasteiger partial charge in [0.15, 0.2) is 5.13 Å². The summed E-state index contributed by atoms with van der Waals surface area (Å²) in [5.74, 6) is 0.732. The summed E-state index contributed by atoms with van der Waals surface area (Å²) in [6, 6.07) is 11.3. The Balaban J connectivity index is 1.73. The van der Waals surface area contributed by atoms with E-state index in [4.69, 9.17) is 4.74 Å². The average molecular weight is 339 g/mol. The van der Waals surface area contributed by atoms with Gasteiger partial charge in [-0.05, 0) is 29.8 Å². The molecular weight excluding hydrogens is 322 g/mol. The first-order valence-corrected chi connectivity index (χ1v) is 8.31. The van der Waals surface area contributed by atoms with Crippen LogP contribution in [0.3, 0.4) is 0 Å². The molecule has 5 nitrogen and oxygen atoms in total. The first-order valence-electron chi connectivity index (χ1n) is 7.43. The van der Waals surface area contributed by atoms with Crippen LogP contribution in [-0.2, 0) is 11.2 Å². The van der Waals surface area contributed by atoms with Gasteiger partial charge in [0.2, 0.25) is 5.91 Å². The van der Waals surface area contributed by atoms with Gasteiger partial charge in [0.05, 0.1) is 19.2 Å². The molecule has 0 unspecified atom stereocenters. The van der Waals surface area contributed by atoms with E-state index in [0.29, 0.717) is 11.6 Å². The molecule has 2 aromatic heterocycles. The minimum Gasteiger partial charge on any atom is -0.497 e. The molecule has 0 atom stereocenters. The van der Waals surface area contributed by atoms with Crippen LogP contribution < -0.4 is 9.64 Å². The highest BCUT2D eigenvalue weighted by molar-refractivity contribution is 7.14. The maximum atomic E-state index is 12.5. The van der Waals surface area contributed by atoms with Crippen molar-refractivity contribution in [1.82, 2.24) is 9.97 Å². The first-order chi connectivity index (χ1) is 11.7. The highest BCUT2D eigenvalue weighted by Gasteiger charge is 2.16. The van der Waals surface area contributed by atoms with Crippen molar-refractivity contribution in [2.45, 2.75) is 6.42 Å². The average Bonchev–Trinajstić information content (AvgIpc) is 3.12. The molecule has 1 aromatic carbocycles. The van der Waals surface area contributed by atoms with E-state index < -0.39 is 0 Å². The van der Waals surface area contributed by atoms with Crippen molar-refractivity contribution < 1.29 is 9.53 Å². The van der Waals surface area contributed by atoms with Gasteiger partial charge in [-0.25, -0.2) is 4.98 Å². The Morgan fingerprint density at radius 1 is 1.25 bits per heavy atom. The normalized spacial score (nSPS) is 10.4. The van der Waals surface area contributed by atoms with Gasteiger partial charge in [-0.15, -0.1) is 11.3 Å². The van der Waals surface area contributed by atoms with E-state index in [9.17, 15) is 4.79 Å². The molecule has 0 fully saturated rings. The van der Waals surface area contributed by atoms with E-state index in [1.165, 1.54) is 11.3 Å². The van der Waals surface area contributed by atoms with Crippen LogP contribution in [0.25, 0.3) is 11.3 Å². The van der Waals surface area contributed by atoms with Gasteiger partial charge in [-0.1, -0.05) is 12.1 Å². The number of methoxy groups -OCH3 is 1. The Hall–Kier alpha value is -2.73. The van der Waals surface area contributed by atoms with E-state index in [1.807, 2.05) is 41.8 Å². The van der Waals surface area contributed by atoms with Crippen LogP contribution in [0.1, 0.15) is 5.56 Å². The molecule has 0 aliphatic heterocycles. The number of carbonyl (C=O) groups excluding carboxylic acids is 1. The molecule has 0 saturated carbocycles. The monoisotopic (exact) mass is 339 g/mol. The van der Waals surface area contributed by atoms with Gasteiger partial charge < -0.3 is 4.74 Å². The molecule has 0 radical (unpaired) electrons. The molecule has 0 saturated heterocycles. The summed E-state index contributed by atoms with van der Waals surface area (Å²) in [6.07, 6.45) is 3.76. The van der Waals surface area contributed by atoms with Crippen LogP contribution in [0.5, 0.6) is 5.75 Å². The number of anilines is 1.